The molecule has 6 heteroatoms. The Kier molecular flexibility index (Phi) is 3.53. The summed E-state index contributed by atoms with van der Waals surface area (Å²) in [4.78, 5) is 11.7. The second kappa shape index (κ2) is 5.09. The largest absolute Gasteiger partial charge is 0.366 e. The Hall–Kier alpha value is -1.40. The monoisotopic (exact) mass is 224 g/mol. The summed E-state index contributed by atoms with van der Waals surface area (Å²) in [5, 5.41) is 9.97. The van der Waals surface area contributed by atoms with Crippen LogP contribution in [0.15, 0.2) is 12.4 Å². The Morgan fingerprint density at radius 1 is 1.81 bits per heavy atom. The van der Waals surface area contributed by atoms with Crippen LogP contribution in [-0.2, 0) is 23.1 Å². The number of ether oxygens (including phenoxy) is 1. The van der Waals surface area contributed by atoms with Crippen molar-refractivity contribution in [1.82, 2.24) is 20.4 Å². The molecular weight excluding hydrogens is 208 g/mol. The number of amides is 1. The Bertz CT molecular complexity index is 357. The fourth-order valence-electron chi connectivity index (χ4n) is 1.60. The molecule has 0 bridgehead atoms. The van der Waals surface area contributed by atoms with Gasteiger partial charge in [-0.15, -0.1) is 0 Å². The van der Waals surface area contributed by atoms with Gasteiger partial charge in [0, 0.05) is 38.4 Å². The second-order valence-corrected chi connectivity index (χ2v) is 3.80. The third-order valence-electron chi connectivity index (χ3n) is 2.45. The van der Waals surface area contributed by atoms with Gasteiger partial charge < -0.3 is 15.4 Å². The van der Waals surface area contributed by atoms with Gasteiger partial charge in [0.15, 0.2) is 0 Å². The van der Waals surface area contributed by atoms with Crippen molar-refractivity contribution in [1.29, 1.82) is 0 Å². The highest BCUT2D eigenvalue weighted by Gasteiger charge is 2.21. The molecule has 1 aliphatic rings. The van der Waals surface area contributed by atoms with E-state index in [2.05, 4.69) is 15.7 Å². The van der Waals surface area contributed by atoms with E-state index in [4.69, 9.17) is 4.74 Å². The van der Waals surface area contributed by atoms with Gasteiger partial charge in [0.1, 0.15) is 6.10 Å². The predicted octanol–water partition coefficient (Wildman–Crippen LogP) is -0.975. The minimum atomic E-state index is -0.370. The summed E-state index contributed by atoms with van der Waals surface area (Å²) in [5.74, 6) is -0.0731. The number of aromatic nitrogens is 2. The molecule has 2 N–H and O–H groups in total. The number of rotatable bonds is 3. The van der Waals surface area contributed by atoms with Crippen molar-refractivity contribution in [2.24, 2.45) is 7.05 Å². The van der Waals surface area contributed by atoms with Gasteiger partial charge in [0.25, 0.3) is 5.91 Å². The molecule has 1 unspecified atom stereocenters. The zero-order chi connectivity index (χ0) is 11.4. The van der Waals surface area contributed by atoms with Crippen molar-refractivity contribution in [3.8, 4) is 0 Å². The second-order valence-electron chi connectivity index (χ2n) is 3.80. The van der Waals surface area contributed by atoms with Crippen molar-refractivity contribution in [3.63, 3.8) is 0 Å². The zero-order valence-electron chi connectivity index (χ0n) is 9.27. The van der Waals surface area contributed by atoms with E-state index in [0.717, 1.165) is 12.1 Å². The van der Waals surface area contributed by atoms with Gasteiger partial charge in [-0.25, -0.2) is 0 Å². The van der Waals surface area contributed by atoms with Crippen molar-refractivity contribution < 1.29 is 9.53 Å². The highest BCUT2D eigenvalue weighted by atomic mass is 16.5. The van der Waals surface area contributed by atoms with Crippen molar-refractivity contribution in [2.45, 2.75) is 12.6 Å². The molecule has 0 aliphatic carbocycles. The van der Waals surface area contributed by atoms with Gasteiger partial charge >= 0.3 is 0 Å². The number of nitrogens with zero attached hydrogens (tertiary/aromatic N) is 2. The summed E-state index contributed by atoms with van der Waals surface area (Å²) in [6.45, 7) is 2.47. The van der Waals surface area contributed by atoms with E-state index in [1.165, 1.54) is 0 Å². The van der Waals surface area contributed by atoms with Crippen LogP contribution in [0.3, 0.4) is 0 Å². The van der Waals surface area contributed by atoms with Crippen molar-refractivity contribution >= 4 is 5.91 Å². The first-order chi connectivity index (χ1) is 7.75. The van der Waals surface area contributed by atoms with Crippen molar-refractivity contribution in [2.75, 3.05) is 19.7 Å². The molecule has 1 fully saturated rings. The van der Waals surface area contributed by atoms with Gasteiger partial charge in [-0.2, -0.15) is 5.10 Å². The number of carbonyl (C=O) groups is 1. The molecule has 0 saturated carbocycles. The van der Waals surface area contributed by atoms with Crippen LogP contribution in [-0.4, -0.2) is 41.5 Å². The lowest BCUT2D eigenvalue weighted by molar-refractivity contribution is -0.134. The molecule has 16 heavy (non-hydrogen) atoms. The van der Waals surface area contributed by atoms with E-state index in [-0.39, 0.29) is 12.0 Å². The average Bonchev–Trinajstić information content (AvgIpc) is 2.73. The molecule has 1 aromatic heterocycles. The Morgan fingerprint density at radius 3 is 3.31 bits per heavy atom. The third-order valence-corrected chi connectivity index (χ3v) is 2.45. The van der Waals surface area contributed by atoms with Crippen molar-refractivity contribution in [3.05, 3.63) is 18.0 Å². The lowest BCUT2D eigenvalue weighted by Gasteiger charge is -2.22. The molecule has 1 atom stereocenters. The Morgan fingerprint density at radius 2 is 2.69 bits per heavy atom. The summed E-state index contributed by atoms with van der Waals surface area (Å²) >= 11 is 0. The van der Waals surface area contributed by atoms with E-state index in [1.807, 2.05) is 13.2 Å². The Balaban J connectivity index is 1.78. The average molecular weight is 224 g/mol. The van der Waals surface area contributed by atoms with E-state index < -0.39 is 0 Å². The third kappa shape index (κ3) is 2.80. The maximum Gasteiger partial charge on any atom is 0.250 e. The number of aryl methyl sites for hydroxylation is 1. The molecule has 0 spiro atoms. The fraction of sp³-hybridized carbons (Fsp3) is 0.600. The van der Waals surface area contributed by atoms with Gasteiger partial charge in [-0.05, 0) is 0 Å². The normalized spacial score (nSPS) is 20.7. The first-order valence-corrected chi connectivity index (χ1v) is 5.33. The van der Waals surface area contributed by atoms with E-state index in [9.17, 15) is 4.79 Å². The van der Waals surface area contributed by atoms with Crippen LogP contribution in [0.2, 0.25) is 0 Å². The molecule has 0 aromatic carbocycles. The number of nitrogens with one attached hydrogen (secondary N) is 2. The van der Waals surface area contributed by atoms with Crippen LogP contribution in [0.4, 0.5) is 0 Å². The molecule has 1 aromatic rings. The van der Waals surface area contributed by atoms with E-state index in [0.29, 0.717) is 19.7 Å². The van der Waals surface area contributed by atoms with Gasteiger partial charge in [-0.3, -0.25) is 9.48 Å². The van der Waals surface area contributed by atoms with Crippen LogP contribution >= 0.6 is 0 Å². The lowest BCUT2D eigenvalue weighted by atomic mass is 10.2. The molecular formula is C10H16N4O2. The minimum Gasteiger partial charge on any atom is -0.366 e. The fourth-order valence-corrected chi connectivity index (χ4v) is 1.60. The lowest BCUT2D eigenvalue weighted by Crippen LogP contribution is -2.47. The molecule has 1 amide bonds. The van der Waals surface area contributed by atoms with Crippen LogP contribution in [0, 0.1) is 0 Å². The highest BCUT2D eigenvalue weighted by Crippen LogP contribution is 1.99. The molecule has 6 nitrogen and oxygen atoms in total. The number of hydrogen-bond acceptors (Lipinski definition) is 4. The molecule has 1 aliphatic heterocycles. The van der Waals surface area contributed by atoms with Crippen LogP contribution < -0.4 is 10.6 Å². The van der Waals surface area contributed by atoms with Gasteiger partial charge in [-0.1, -0.05) is 0 Å². The number of morpholine rings is 1. The van der Waals surface area contributed by atoms with E-state index in [1.54, 1.807) is 10.9 Å². The predicted molar refractivity (Wildman–Crippen MR) is 57.7 cm³/mol. The SMILES string of the molecule is Cn1cc(CNC(=O)C2CNCCO2)cn1. The first-order valence-electron chi connectivity index (χ1n) is 5.33. The molecule has 0 radical (unpaired) electrons. The minimum absolute atomic E-state index is 0.0731. The van der Waals surface area contributed by atoms with Crippen LogP contribution in [0.5, 0.6) is 0 Å². The summed E-state index contributed by atoms with van der Waals surface area (Å²) in [5.41, 5.74) is 0.986. The molecule has 2 rings (SSSR count). The van der Waals surface area contributed by atoms with E-state index >= 15 is 0 Å². The maximum atomic E-state index is 11.7. The number of hydrogen-bond donors (Lipinski definition) is 2. The quantitative estimate of drug-likeness (QED) is 0.693. The standard InChI is InChI=1S/C10H16N4O2/c1-14-7-8(5-13-14)4-12-10(15)9-6-11-2-3-16-9/h5,7,9,11H,2-4,6H2,1H3,(H,12,15). The summed E-state index contributed by atoms with van der Waals surface area (Å²) in [6.07, 6.45) is 3.24. The first kappa shape index (κ1) is 11.1. The topological polar surface area (TPSA) is 68.2 Å². The molecule has 2 heterocycles. The highest BCUT2D eigenvalue weighted by molar-refractivity contribution is 5.81. The van der Waals surface area contributed by atoms with Gasteiger partial charge in [0.05, 0.1) is 12.8 Å². The van der Waals surface area contributed by atoms with Crippen LogP contribution in [0.1, 0.15) is 5.56 Å². The van der Waals surface area contributed by atoms with Crippen LogP contribution in [0.25, 0.3) is 0 Å². The zero-order valence-corrected chi connectivity index (χ0v) is 9.27. The van der Waals surface area contributed by atoms with Gasteiger partial charge in [0.2, 0.25) is 0 Å². The summed E-state index contributed by atoms with van der Waals surface area (Å²) < 4.78 is 7.05. The molecule has 1 saturated heterocycles. The smallest absolute Gasteiger partial charge is 0.250 e. The summed E-state index contributed by atoms with van der Waals surface area (Å²) in [7, 11) is 1.85. The summed E-state index contributed by atoms with van der Waals surface area (Å²) in [6, 6.07) is 0. The maximum absolute atomic E-state index is 11.7. The number of carbonyl (C=O) groups excluding carboxylic acids is 1. The Labute approximate surface area is 94.0 Å². The molecule has 88 valence electrons.